The van der Waals surface area contributed by atoms with Crippen LogP contribution in [0.5, 0.6) is 11.5 Å². The van der Waals surface area contributed by atoms with Gasteiger partial charge >= 0.3 is 0 Å². The molecule has 1 atom stereocenters. The molecular formula is C21H20N2O3S. The van der Waals surface area contributed by atoms with Crippen molar-refractivity contribution in [2.24, 2.45) is 0 Å². The Bertz CT molecular complexity index is 940. The smallest absolute Gasteiger partial charge is 0.251 e. The van der Waals surface area contributed by atoms with Crippen LogP contribution in [-0.2, 0) is 13.0 Å². The number of aromatic nitrogens is 1. The van der Waals surface area contributed by atoms with Crippen molar-refractivity contribution in [2.45, 2.75) is 25.5 Å². The van der Waals surface area contributed by atoms with Gasteiger partial charge in [-0.2, -0.15) is 0 Å². The SMILES string of the molecule is COc1cc(C(=O)NC2CCc3ccccc32)ccc1OCc1cscn1. The van der Waals surface area contributed by atoms with Gasteiger partial charge in [0, 0.05) is 10.9 Å². The fraction of sp³-hybridized carbons (Fsp3) is 0.238. The van der Waals surface area contributed by atoms with Gasteiger partial charge in [-0.3, -0.25) is 4.79 Å². The average Bonchev–Trinajstić information content (AvgIpc) is 3.36. The van der Waals surface area contributed by atoms with Gasteiger partial charge in [0.2, 0.25) is 0 Å². The zero-order chi connectivity index (χ0) is 18.6. The number of carbonyl (C=O) groups excluding carboxylic acids is 1. The van der Waals surface area contributed by atoms with Crippen molar-refractivity contribution >= 4 is 17.2 Å². The molecule has 0 spiro atoms. The molecule has 0 aliphatic heterocycles. The van der Waals surface area contributed by atoms with Crippen LogP contribution in [0.15, 0.2) is 53.4 Å². The molecule has 1 N–H and O–H groups in total. The van der Waals surface area contributed by atoms with E-state index in [0.717, 1.165) is 18.5 Å². The van der Waals surface area contributed by atoms with Gasteiger partial charge in [-0.15, -0.1) is 11.3 Å². The highest BCUT2D eigenvalue weighted by molar-refractivity contribution is 7.07. The van der Waals surface area contributed by atoms with Gasteiger partial charge in [-0.05, 0) is 42.2 Å². The Kier molecular flexibility index (Phi) is 5.07. The van der Waals surface area contributed by atoms with E-state index < -0.39 is 0 Å². The van der Waals surface area contributed by atoms with E-state index in [2.05, 4.69) is 22.4 Å². The number of carbonyl (C=O) groups is 1. The second-order valence-corrected chi connectivity index (χ2v) is 7.12. The van der Waals surface area contributed by atoms with Crippen LogP contribution in [0.3, 0.4) is 0 Å². The van der Waals surface area contributed by atoms with Gasteiger partial charge in [-0.1, -0.05) is 24.3 Å². The molecule has 0 saturated heterocycles. The fourth-order valence-electron chi connectivity index (χ4n) is 3.34. The molecule has 0 bridgehead atoms. The monoisotopic (exact) mass is 380 g/mol. The van der Waals surface area contributed by atoms with Gasteiger partial charge < -0.3 is 14.8 Å². The molecule has 1 unspecified atom stereocenters. The van der Waals surface area contributed by atoms with Crippen LogP contribution in [0.25, 0.3) is 0 Å². The van der Waals surface area contributed by atoms with Gasteiger partial charge in [0.05, 0.1) is 24.4 Å². The maximum Gasteiger partial charge on any atom is 0.251 e. The maximum absolute atomic E-state index is 12.7. The van der Waals surface area contributed by atoms with Crippen LogP contribution in [0.4, 0.5) is 0 Å². The Labute approximate surface area is 162 Å². The first-order valence-electron chi connectivity index (χ1n) is 8.81. The Morgan fingerprint density at radius 1 is 1.26 bits per heavy atom. The van der Waals surface area contributed by atoms with Crippen molar-refractivity contribution in [1.82, 2.24) is 10.3 Å². The van der Waals surface area contributed by atoms with E-state index in [9.17, 15) is 4.79 Å². The van der Waals surface area contributed by atoms with Crippen molar-refractivity contribution in [1.29, 1.82) is 0 Å². The molecule has 0 radical (unpaired) electrons. The second-order valence-electron chi connectivity index (χ2n) is 6.40. The summed E-state index contributed by atoms with van der Waals surface area (Å²) in [5, 5.41) is 5.07. The number of thiazole rings is 1. The zero-order valence-electron chi connectivity index (χ0n) is 15.0. The minimum absolute atomic E-state index is 0.0558. The summed E-state index contributed by atoms with van der Waals surface area (Å²) in [5.41, 5.74) is 5.71. The zero-order valence-corrected chi connectivity index (χ0v) is 15.8. The molecule has 27 heavy (non-hydrogen) atoms. The van der Waals surface area contributed by atoms with E-state index in [1.165, 1.54) is 22.5 Å². The van der Waals surface area contributed by atoms with Crippen LogP contribution in [-0.4, -0.2) is 18.0 Å². The minimum atomic E-state index is -0.110. The largest absolute Gasteiger partial charge is 0.493 e. The molecule has 0 fully saturated rings. The number of hydrogen-bond acceptors (Lipinski definition) is 5. The number of nitrogens with one attached hydrogen (secondary N) is 1. The Morgan fingerprint density at radius 2 is 2.15 bits per heavy atom. The van der Waals surface area contributed by atoms with E-state index in [4.69, 9.17) is 9.47 Å². The number of ether oxygens (including phenoxy) is 2. The lowest BCUT2D eigenvalue weighted by Crippen LogP contribution is -2.27. The predicted octanol–water partition coefficient (Wildman–Crippen LogP) is 4.15. The summed E-state index contributed by atoms with van der Waals surface area (Å²) >= 11 is 1.53. The van der Waals surface area contributed by atoms with E-state index in [-0.39, 0.29) is 11.9 Å². The summed E-state index contributed by atoms with van der Waals surface area (Å²) in [7, 11) is 1.57. The minimum Gasteiger partial charge on any atom is -0.493 e. The van der Waals surface area contributed by atoms with Gasteiger partial charge in [-0.25, -0.2) is 4.98 Å². The molecule has 1 aliphatic rings. The third kappa shape index (κ3) is 3.80. The normalized spacial score (nSPS) is 15.2. The van der Waals surface area contributed by atoms with Crippen LogP contribution < -0.4 is 14.8 Å². The van der Waals surface area contributed by atoms with Gasteiger partial charge in [0.1, 0.15) is 6.61 Å². The van der Waals surface area contributed by atoms with Crippen molar-refractivity contribution in [3.63, 3.8) is 0 Å². The molecule has 3 aromatic rings. The number of amides is 1. The molecule has 1 aliphatic carbocycles. The van der Waals surface area contributed by atoms with E-state index in [1.807, 2.05) is 17.5 Å². The number of aryl methyl sites for hydroxylation is 1. The predicted molar refractivity (Wildman–Crippen MR) is 104 cm³/mol. The molecule has 138 valence electrons. The highest BCUT2D eigenvalue weighted by Gasteiger charge is 2.24. The van der Waals surface area contributed by atoms with Crippen molar-refractivity contribution < 1.29 is 14.3 Å². The van der Waals surface area contributed by atoms with Crippen LogP contribution >= 0.6 is 11.3 Å². The quantitative estimate of drug-likeness (QED) is 0.698. The van der Waals surface area contributed by atoms with Crippen molar-refractivity contribution in [3.8, 4) is 11.5 Å². The van der Waals surface area contributed by atoms with Crippen LogP contribution in [0.2, 0.25) is 0 Å². The Hall–Kier alpha value is -2.86. The molecule has 1 amide bonds. The first kappa shape index (κ1) is 17.5. The summed E-state index contributed by atoms with van der Waals surface area (Å²) < 4.78 is 11.2. The molecule has 0 saturated carbocycles. The van der Waals surface area contributed by atoms with E-state index in [0.29, 0.717) is 23.7 Å². The summed E-state index contributed by atoms with van der Waals surface area (Å²) in [4.78, 5) is 16.9. The highest BCUT2D eigenvalue weighted by Crippen LogP contribution is 2.32. The van der Waals surface area contributed by atoms with Gasteiger partial charge in [0.15, 0.2) is 11.5 Å². The van der Waals surface area contributed by atoms with E-state index in [1.54, 1.807) is 30.8 Å². The number of nitrogens with zero attached hydrogens (tertiary/aromatic N) is 1. The van der Waals surface area contributed by atoms with Crippen molar-refractivity contribution in [2.75, 3.05) is 7.11 Å². The molecule has 5 nitrogen and oxygen atoms in total. The summed E-state index contributed by atoms with van der Waals surface area (Å²) in [6.07, 6.45) is 1.92. The average molecular weight is 380 g/mol. The highest BCUT2D eigenvalue weighted by atomic mass is 32.1. The Balaban J connectivity index is 1.46. The lowest BCUT2D eigenvalue weighted by atomic mass is 10.1. The number of fused-ring (bicyclic) bond motifs is 1. The maximum atomic E-state index is 12.7. The molecule has 2 aromatic carbocycles. The topological polar surface area (TPSA) is 60.5 Å². The molecular weight excluding hydrogens is 360 g/mol. The van der Waals surface area contributed by atoms with Crippen LogP contribution in [0, 0.1) is 0 Å². The van der Waals surface area contributed by atoms with Gasteiger partial charge in [0.25, 0.3) is 5.91 Å². The summed E-state index contributed by atoms with van der Waals surface area (Å²) in [6.45, 7) is 0.365. The third-order valence-electron chi connectivity index (χ3n) is 4.72. The third-order valence-corrected chi connectivity index (χ3v) is 5.36. The first-order valence-corrected chi connectivity index (χ1v) is 9.75. The molecule has 6 heteroatoms. The first-order chi connectivity index (χ1) is 13.2. The molecule has 1 aromatic heterocycles. The lowest BCUT2D eigenvalue weighted by molar-refractivity contribution is 0.0936. The summed E-state index contributed by atoms with van der Waals surface area (Å²) in [6, 6.07) is 13.6. The lowest BCUT2D eigenvalue weighted by Gasteiger charge is -2.15. The number of hydrogen-bond donors (Lipinski definition) is 1. The molecule has 4 rings (SSSR count). The Morgan fingerprint density at radius 3 is 2.96 bits per heavy atom. The van der Waals surface area contributed by atoms with E-state index >= 15 is 0 Å². The number of benzene rings is 2. The van der Waals surface area contributed by atoms with Crippen LogP contribution in [0.1, 0.15) is 39.6 Å². The number of rotatable bonds is 6. The summed E-state index contributed by atoms with van der Waals surface area (Å²) in [5.74, 6) is 1.01. The van der Waals surface area contributed by atoms with Crippen molar-refractivity contribution in [3.05, 3.63) is 75.7 Å². The second kappa shape index (κ2) is 7.80. The standard InChI is InChI=1S/C21H20N2O3S/c1-25-20-10-15(7-9-19(20)26-11-16-12-27-13-22-16)21(24)23-18-8-6-14-4-2-3-5-17(14)18/h2-5,7,9-10,12-13,18H,6,8,11H2,1H3,(H,23,24). The number of methoxy groups -OCH3 is 1. The molecule has 1 heterocycles. The fourth-order valence-corrected chi connectivity index (χ4v) is 3.88.